The van der Waals surface area contributed by atoms with Gasteiger partial charge in [-0.05, 0) is 114 Å². The molecule has 0 saturated heterocycles. The summed E-state index contributed by atoms with van der Waals surface area (Å²) in [5.74, 6) is 3.03. The molecule has 1 aromatic carbocycles. The molecule has 2 aromatic heterocycles. The van der Waals surface area contributed by atoms with E-state index in [1.54, 1.807) is 12.4 Å². The van der Waals surface area contributed by atoms with E-state index in [2.05, 4.69) is 36.5 Å². The van der Waals surface area contributed by atoms with Gasteiger partial charge in [0.1, 0.15) is 5.52 Å². The molecular weight excluding hydrogens is 500 g/mol. The van der Waals surface area contributed by atoms with Gasteiger partial charge in [0.05, 0.1) is 5.56 Å². The molecule has 6 nitrogen and oxygen atoms in total. The van der Waals surface area contributed by atoms with Gasteiger partial charge in [0.2, 0.25) is 11.8 Å². The van der Waals surface area contributed by atoms with Crippen LogP contribution < -0.4 is 10.6 Å². The highest BCUT2D eigenvalue weighted by atomic mass is 79.9. The highest BCUT2D eigenvalue weighted by Crippen LogP contribution is 2.61. The lowest BCUT2D eigenvalue weighted by Gasteiger charge is -2.56. The summed E-state index contributed by atoms with van der Waals surface area (Å²) in [7, 11) is 0. The molecule has 4 bridgehead atoms. The number of oxazole rings is 1. The third kappa shape index (κ3) is 4.30. The fraction of sp³-hybridized carbons (Fsp3) is 0.440. The molecule has 0 radical (unpaired) electrons. The zero-order chi connectivity index (χ0) is 22.6. The Kier molecular flexibility index (Phi) is 5.25. The number of carbonyl (C=O) groups is 1. The van der Waals surface area contributed by atoms with E-state index in [0.29, 0.717) is 28.5 Å². The molecule has 4 fully saturated rings. The van der Waals surface area contributed by atoms with E-state index in [4.69, 9.17) is 16.6 Å². The lowest BCUT2D eigenvalue weighted by Crippen LogP contribution is -2.48. The molecule has 4 aliphatic rings. The number of benzene rings is 1. The van der Waals surface area contributed by atoms with Gasteiger partial charge in [0, 0.05) is 29.0 Å². The standard InChI is InChI=1S/C25H25BrN4O2S/c26-18-6-17(12-27-13-18)23-29-20-7-19(1-2-21(20)32-23)28-24(33)30-22(31)11-25-8-14-3-15(9-25)5-16(4-14)10-25/h1-2,6-7,12-16H,3-5,8-11H2,(H2,28,30,31,33). The second-order valence-electron chi connectivity index (χ2n) is 10.2. The first-order chi connectivity index (χ1) is 15.9. The van der Waals surface area contributed by atoms with Gasteiger partial charge in [-0.15, -0.1) is 0 Å². The van der Waals surface area contributed by atoms with Crippen molar-refractivity contribution in [1.82, 2.24) is 15.3 Å². The van der Waals surface area contributed by atoms with E-state index in [1.165, 1.54) is 38.5 Å². The molecule has 0 aliphatic heterocycles. The Bertz CT molecular complexity index is 1220. The molecule has 4 saturated carbocycles. The number of pyridine rings is 1. The summed E-state index contributed by atoms with van der Waals surface area (Å²) in [6.45, 7) is 0. The Morgan fingerprint density at radius 2 is 1.85 bits per heavy atom. The van der Waals surface area contributed by atoms with E-state index in [9.17, 15) is 4.79 Å². The highest BCUT2D eigenvalue weighted by molar-refractivity contribution is 9.10. The minimum absolute atomic E-state index is 0.0291. The van der Waals surface area contributed by atoms with Gasteiger partial charge in [0.15, 0.2) is 10.7 Å². The minimum atomic E-state index is 0.0291. The fourth-order valence-corrected chi connectivity index (χ4v) is 7.43. The predicted octanol–water partition coefficient (Wildman–Crippen LogP) is 6.07. The lowest BCUT2D eigenvalue weighted by atomic mass is 9.49. The smallest absolute Gasteiger partial charge is 0.228 e. The zero-order valence-electron chi connectivity index (χ0n) is 18.1. The molecular formula is C25H25BrN4O2S. The highest BCUT2D eigenvalue weighted by Gasteiger charge is 2.51. The number of thiocarbonyl (C=S) groups is 1. The topological polar surface area (TPSA) is 80.0 Å². The molecule has 0 spiro atoms. The van der Waals surface area contributed by atoms with Crippen molar-refractivity contribution < 1.29 is 9.21 Å². The average molecular weight is 525 g/mol. The quantitative estimate of drug-likeness (QED) is 0.403. The molecule has 4 aliphatic carbocycles. The number of hydrogen-bond acceptors (Lipinski definition) is 5. The van der Waals surface area contributed by atoms with Gasteiger partial charge in [0.25, 0.3) is 0 Å². The Morgan fingerprint density at radius 3 is 2.55 bits per heavy atom. The van der Waals surface area contributed by atoms with Gasteiger partial charge >= 0.3 is 0 Å². The van der Waals surface area contributed by atoms with Gasteiger partial charge in [-0.3, -0.25) is 9.78 Å². The van der Waals surface area contributed by atoms with Crippen molar-refractivity contribution in [3.63, 3.8) is 0 Å². The van der Waals surface area contributed by atoms with Gasteiger partial charge in [-0.2, -0.15) is 0 Å². The first-order valence-corrected chi connectivity index (χ1v) is 12.8. The fourth-order valence-electron chi connectivity index (χ4n) is 6.84. The van der Waals surface area contributed by atoms with E-state index in [1.807, 2.05) is 24.3 Å². The lowest BCUT2D eigenvalue weighted by molar-refractivity contribution is -0.127. The minimum Gasteiger partial charge on any atom is -0.436 e. The number of nitrogens with zero attached hydrogens (tertiary/aromatic N) is 2. The van der Waals surface area contributed by atoms with Gasteiger partial charge in [-0.25, -0.2) is 4.98 Å². The van der Waals surface area contributed by atoms with Crippen LogP contribution in [0.2, 0.25) is 0 Å². The largest absolute Gasteiger partial charge is 0.436 e. The molecule has 33 heavy (non-hydrogen) atoms. The Hall–Kier alpha value is -2.32. The van der Waals surface area contributed by atoms with Crippen molar-refractivity contribution in [2.24, 2.45) is 23.2 Å². The molecule has 0 unspecified atom stereocenters. The summed E-state index contributed by atoms with van der Waals surface area (Å²) >= 11 is 8.86. The summed E-state index contributed by atoms with van der Waals surface area (Å²) in [5.41, 5.74) is 3.13. The number of amides is 1. The maximum atomic E-state index is 12.9. The molecule has 2 N–H and O–H groups in total. The Balaban J connectivity index is 1.11. The van der Waals surface area contributed by atoms with Crippen molar-refractivity contribution in [1.29, 1.82) is 0 Å². The van der Waals surface area contributed by atoms with Crippen LogP contribution in [-0.4, -0.2) is 21.0 Å². The molecule has 7 rings (SSSR count). The van der Waals surface area contributed by atoms with Crippen molar-refractivity contribution in [3.05, 3.63) is 41.1 Å². The monoisotopic (exact) mass is 524 g/mol. The van der Waals surface area contributed by atoms with Crippen LogP contribution in [0.15, 0.2) is 45.5 Å². The molecule has 2 heterocycles. The number of hydrogen-bond donors (Lipinski definition) is 2. The second-order valence-corrected chi connectivity index (χ2v) is 11.5. The molecule has 1 amide bonds. The maximum Gasteiger partial charge on any atom is 0.228 e. The number of anilines is 1. The van der Waals surface area contributed by atoms with Crippen LogP contribution in [0.4, 0.5) is 5.69 Å². The van der Waals surface area contributed by atoms with Crippen molar-refractivity contribution in [2.75, 3.05) is 5.32 Å². The molecule has 0 atom stereocenters. The van der Waals surface area contributed by atoms with E-state index < -0.39 is 0 Å². The molecule has 8 heteroatoms. The number of rotatable bonds is 4. The summed E-state index contributed by atoms with van der Waals surface area (Å²) in [5, 5.41) is 6.37. The number of carbonyl (C=O) groups excluding carboxylic acids is 1. The molecule has 170 valence electrons. The Labute approximate surface area is 206 Å². The first-order valence-electron chi connectivity index (χ1n) is 11.6. The Morgan fingerprint density at radius 1 is 1.12 bits per heavy atom. The van der Waals surface area contributed by atoms with Crippen LogP contribution in [0, 0.1) is 23.2 Å². The summed E-state index contributed by atoms with van der Waals surface area (Å²) in [4.78, 5) is 21.6. The second kappa shape index (κ2) is 8.17. The normalized spacial score (nSPS) is 27.6. The maximum absolute atomic E-state index is 12.9. The summed E-state index contributed by atoms with van der Waals surface area (Å²) in [6, 6.07) is 7.49. The van der Waals surface area contributed by atoms with Crippen LogP contribution in [0.5, 0.6) is 0 Å². The average Bonchev–Trinajstić information content (AvgIpc) is 3.15. The number of halogens is 1. The third-order valence-corrected chi connectivity index (χ3v) is 8.19. The SMILES string of the molecule is O=C(CC12CC3CC(CC(C3)C1)C2)NC(=S)Nc1ccc2oc(-c3cncc(Br)c3)nc2c1. The third-order valence-electron chi connectivity index (χ3n) is 7.55. The number of fused-ring (bicyclic) bond motifs is 1. The van der Waals surface area contributed by atoms with Crippen LogP contribution in [0.3, 0.4) is 0 Å². The van der Waals surface area contributed by atoms with E-state index in [-0.39, 0.29) is 11.3 Å². The van der Waals surface area contributed by atoms with E-state index in [0.717, 1.165) is 33.5 Å². The van der Waals surface area contributed by atoms with Crippen LogP contribution in [0.25, 0.3) is 22.6 Å². The van der Waals surface area contributed by atoms with Crippen LogP contribution in [-0.2, 0) is 4.79 Å². The van der Waals surface area contributed by atoms with E-state index >= 15 is 0 Å². The van der Waals surface area contributed by atoms with Crippen molar-refractivity contribution >= 4 is 56.0 Å². The predicted molar refractivity (Wildman–Crippen MR) is 135 cm³/mol. The van der Waals surface area contributed by atoms with Crippen LogP contribution >= 0.6 is 28.1 Å². The van der Waals surface area contributed by atoms with Crippen molar-refractivity contribution in [3.8, 4) is 11.5 Å². The molecule has 3 aromatic rings. The van der Waals surface area contributed by atoms with Gasteiger partial charge in [-0.1, -0.05) is 0 Å². The first kappa shape index (κ1) is 21.2. The zero-order valence-corrected chi connectivity index (χ0v) is 20.5. The van der Waals surface area contributed by atoms with Crippen molar-refractivity contribution in [2.45, 2.75) is 44.9 Å². The number of aromatic nitrogens is 2. The summed E-state index contributed by atoms with van der Waals surface area (Å²) in [6.07, 6.45) is 11.8. The van der Waals surface area contributed by atoms with Gasteiger partial charge < -0.3 is 15.1 Å². The van der Waals surface area contributed by atoms with Crippen LogP contribution in [0.1, 0.15) is 44.9 Å². The summed E-state index contributed by atoms with van der Waals surface area (Å²) < 4.78 is 6.73. The number of nitrogens with one attached hydrogen (secondary N) is 2.